The second kappa shape index (κ2) is 5.99. The van der Waals surface area contributed by atoms with Crippen molar-refractivity contribution >= 4 is 44.9 Å². The number of carbonyl (C=O) groups is 2. The Kier molecular flexibility index (Phi) is 4.49. The second-order valence-electron chi connectivity index (χ2n) is 4.67. The zero-order chi connectivity index (χ0) is 15.7. The van der Waals surface area contributed by atoms with Crippen LogP contribution in [0, 0.1) is 5.82 Å². The molecule has 1 heterocycles. The third-order valence-corrected chi connectivity index (χ3v) is 4.49. The lowest BCUT2D eigenvalue weighted by molar-refractivity contribution is -0.137. The Morgan fingerprint density at radius 3 is 2.67 bits per heavy atom. The van der Waals surface area contributed by atoms with Crippen LogP contribution in [0.4, 0.5) is 4.39 Å². The van der Waals surface area contributed by atoms with Crippen LogP contribution in [0.15, 0.2) is 18.2 Å². The number of likely N-dealkylation sites (N-methyl/N-ethyl adjacent to an activating group) is 1. The largest absolute Gasteiger partial charge is 0.448 e. The highest BCUT2D eigenvalue weighted by Crippen LogP contribution is 2.36. The van der Waals surface area contributed by atoms with E-state index in [1.807, 2.05) is 0 Å². The summed E-state index contributed by atoms with van der Waals surface area (Å²) < 4.78 is 18.8. The van der Waals surface area contributed by atoms with Crippen LogP contribution in [0.2, 0.25) is 5.02 Å². The van der Waals surface area contributed by atoms with Crippen LogP contribution in [0.3, 0.4) is 0 Å². The molecule has 1 atom stereocenters. The molecule has 0 aliphatic carbocycles. The van der Waals surface area contributed by atoms with Gasteiger partial charge in [0.15, 0.2) is 6.10 Å². The molecule has 0 saturated heterocycles. The fourth-order valence-corrected chi connectivity index (χ4v) is 3.21. The van der Waals surface area contributed by atoms with E-state index in [0.29, 0.717) is 10.1 Å². The van der Waals surface area contributed by atoms with Crippen LogP contribution in [-0.2, 0) is 9.53 Å². The van der Waals surface area contributed by atoms with Crippen molar-refractivity contribution in [2.24, 2.45) is 0 Å². The van der Waals surface area contributed by atoms with Gasteiger partial charge in [0.05, 0.1) is 5.02 Å². The summed E-state index contributed by atoms with van der Waals surface area (Å²) in [7, 11) is 3.14. The number of fused-ring (bicyclic) bond motifs is 1. The van der Waals surface area contributed by atoms with Gasteiger partial charge >= 0.3 is 5.97 Å². The molecular formula is C14H13ClFNO3S. The first kappa shape index (κ1) is 15.7. The highest BCUT2D eigenvalue weighted by Gasteiger charge is 2.24. The topological polar surface area (TPSA) is 46.6 Å². The molecule has 0 spiro atoms. The number of benzene rings is 1. The van der Waals surface area contributed by atoms with Crippen LogP contribution >= 0.6 is 22.9 Å². The van der Waals surface area contributed by atoms with Crippen molar-refractivity contribution in [1.82, 2.24) is 4.90 Å². The average Bonchev–Trinajstić information content (AvgIpc) is 2.74. The van der Waals surface area contributed by atoms with E-state index in [2.05, 4.69) is 0 Å². The first-order chi connectivity index (χ1) is 9.81. The average molecular weight is 330 g/mol. The Morgan fingerprint density at radius 1 is 1.38 bits per heavy atom. The molecule has 2 aromatic rings. The molecule has 0 fully saturated rings. The zero-order valence-corrected chi connectivity index (χ0v) is 13.2. The van der Waals surface area contributed by atoms with Gasteiger partial charge in [-0.3, -0.25) is 4.79 Å². The first-order valence-electron chi connectivity index (χ1n) is 6.11. The fourth-order valence-electron chi connectivity index (χ4n) is 1.80. The number of halogens is 2. The van der Waals surface area contributed by atoms with Gasteiger partial charge in [-0.1, -0.05) is 11.6 Å². The smallest absolute Gasteiger partial charge is 0.350 e. The van der Waals surface area contributed by atoms with E-state index >= 15 is 0 Å². The van der Waals surface area contributed by atoms with Gasteiger partial charge < -0.3 is 9.64 Å². The molecule has 0 saturated carbocycles. The van der Waals surface area contributed by atoms with Crippen LogP contribution in [-0.4, -0.2) is 37.0 Å². The van der Waals surface area contributed by atoms with Crippen molar-refractivity contribution in [2.45, 2.75) is 13.0 Å². The fraction of sp³-hybridized carbons (Fsp3) is 0.286. The van der Waals surface area contributed by atoms with Crippen LogP contribution in [0.25, 0.3) is 10.1 Å². The quantitative estimate of drug-likeness (QED) is 0.811. The van der Waals surface area contributed by atoms with E-state index in [4.69, 9.17) is 16.3 Å². The third-order valence-electron chi connectivity index (χ3n) is 2.85. The minimum absolute atomic E-state index is 0.163. The van der Waals surface area contributed by atoms with E-state index in [0.717, 1.165) is 11.3 Å². The highest BCUT2D eigenvalue weighted by molar-refractivity contribution is 7.21. The van der Waals surface area contributed by atoms with Crippen molar-refractivity contribution in [3.63, 3.8) is 0 Å². The summed E-state index contributed by atoms with van der Waals surface area (Å²) in [5.41, 5.74) is 0. The van der Waals surface area contributed by atoms with Crippen LogP contribution in [0.5, 0.6) is 0 Å². The zero-order valence-electron chi connectivity index (χ0n) is 11.6. The SMILES string of the molecule is C[C@H](OC(=O)c1sc2cc(F)ccc2c1Cl)C(=O)N(C)C. The van der Waals surface area contributed by atoms with E-state index in [9.17, 15) is 14.0 Å². The maximum Gasteiger partial charge on any atom is 0.350 e. The van der Waals surface area contributed by atoms with E-state index < -0.39 is 17.9 Å². The summed E-state index contributed by atoms with van der Waals surface area (Å²) in [4.78, 5) is 25.3. The minimum Gasteiger partial charge on any atom is -0.448 e. The lowest BCUT2D eigenvalue weighted by atomic mass is 10.2. The Bertz CT molecular complexity index is 714. The summed E-state index contributed by atoms with van der Waals surface area (Å²) in [6.45, 7) is 1.49. The first-order valence-corrected chi connectivity index (χ1v) is 7.30. The molecule has 0 aliphatic heterocycles. The number of hydrogen-bond acceptors (Lipinski definition) is 4. The van der Waals surface area contributed by atoms with Gasteiger partial charge in [-0.05, 0) is 25.1 Å². The molecule has 0 bridgehead atoms. The van der Waals surface area contributed by atoms with Crippen molar-refractivity contribution in [2.75, 3.05) is 14.1 Å². The molecule has 0 radical (unpaired) electrons. The lowest BCUT2D eigenvalue weighted by Gasteiger charge is -2.16. The van der Waals surface area contributed by atoms with Crippen LogP contribution < -0.4 is 0 Å². The van der Waals surface area contributed by atoms with Crippen molar-refractivity contribution < 1.29 is 18.7 Å². The van der Waals surface area contributed by atoms with Gasteiger partial charge in [-0.25, -0.2) is 9.18 Å². The van der Waals surface area contributed by atoms with Gasteiger partial charge in [0.25, 0.3) is 5.91 Å². The molecule has 1 aromatic heterocycles. The van der Waals surface area contributed by atoms with Gasteiger partial charge in [0, 0.05) is 24.2 Å². The molecule has 7 heteroatoms. The number of rotatable bonds is 3. The number of esters is 1. The number of thiophene rings is 1. The predicted molar refractivity (Wildman–Crippen MR) is 80.4 cm³/mol. The van der Waals surface area contributed by atoms with E-state index in [-0.39, 0.29) is 15.8 Å². The van der Waals surface area contributed by atoms with Gasteiger partial charge in [0.1, 0.15) is 10.7 Å². The minimum atomic E-state index is -0.912. The predicted octanol–water partition coefficient (Wildman–Crippen LogP) is 3.33. The summed E-state index contributed by atoms with van der Waals surface area (Å²) in [5.74, 6) is -1.42. The number of nitrogens with zero attached hydrogens (tertiary/aromatic N) is 1. The maximum absolute atomic E-state index is 13.2. The van der Waals surface area contributed by atoms with Crippen molar-refractivity contribution in [3.05, 3.63) is 33.9 Å². The second-order valence-corrected chi connectivity index (χ2v) is 6.10. The summed E-state index contributed by atoms with van der Waals surface area (Å²) in [5, 5.41) is 0.797. The summed E-state index contributed by atoms with van der Waals surface area (Å²) in [6.07, 6.45) is -0.912. The molecule has 2 rings (SSSR count). The molecule has 1 aromatic carbocycles. The molecule has 4 nitrogen and oxygen atoms in total. The number of carbonyl (C=O) groups excluding carboxylic acids is 2. The molecule has 1 amide bonds. The standard InChI is InChI=1S/C14H13ClFNO3S/c1-7(13(18)17(2)3)20-14(19)12-11(15)9-5-4-8(16)6-10(9)21-12/h4-7H,1-3H3/t7-/m0/s1. The van der Waals surface area contributed by atoms with E-state index in [1.165, 1.54) is 30.0 Å². The maximum atomic E-state index is 13.2. The summed E-state index contributed by atoms with van der Waals surface area (Å²) in [6, 6.07) is 4.08. The normalized spacial score (nSPS) is 12.2. The molecule has 0 unspecified atom stereocenters. The van der Waals surface area contributed by atoms with Crippen LogP contribution in [0.1, 0.15) is 16.6 Å². The lowest BCUT2D eigenvalue weighted by Crippen LogP contribution is -2.34. The summed E-state index contributed by atoms with van der Waals surface area (Å²) >= 11 is 7.16. The molecule has 112 valence electrons. The van der Waals surface area contributed by atoms with Crippen molar-refractivity contribution in [3.8, 4) is 0 Å². The number of amides is 1. The van der Waals surface area contributed by atoms with Gasteiger partial charge in [-0.2, -0.15) is 0 Å². The molecular weight excluding hydrogens is 317 g/mol. The molecule has 0 N–H and O–H groups in total. The number of ether oxygens (including phenoxy) is 1. The Morgan fingerprint density at radius 2 is 2.05 bits per heavy atom. The Balaban J connectivity index is 2.28. The van der Waals surface area contributed by atoms with Gasteiger partial charge in [-0.15, -0.1) is 11.3 Å². The van der Waals surface area contributed by atoms with E-state index in [1.54, 1.807) is 14.1 Å². The van der Waals surface area contributed by atoms with Crippen molar-refractivity contribution in [1.29, 1.82) is 0 Å². The monoisotopic (exact) mass is 329 g/mol. The molecule has 21 heavy (non-hydrogen) atoms. The highest BCUT2D eigenvalue weighted by atomic mass is 35.5. The molecule has 0 aliphatic rings. The third kappa shape index (κ3) is 3.16. The Labute approximate surface area is 130 Å². The number of hydrogen-bond donors (Lipinski definition) is 0. The Hall–Kier alpha value is -1.66. The van der Waals surface area contributed by atoms with Gasteiger partial charge in [0.2, 0.25) is 0 Å².